The number of hydrogen-bond donors (Lipinski definition) is 2. The highest BCUT2D eigenvalue weighted by Crippen LogP contribution is 2.25. The number of aryl methyl sites for hydroxylation is 1. The molecule has 1 aromatic heterocycles. The summed E-state index contributed by atoms with van der Waals surface area (Å²) in [7, 11) is 0. The van der Waals surface area contributed by atoms with Gasteiger partial charge in [0.25, 0.3) is 0 Å². The summed E-state index contributed by atoms with van der Waals surface area (Å²) in [6, 6.07) is 3.24. The van der Waals surface area contributed by atoms with Crippen molar-refractivity contribution in [2.75, 3.05) is 17.2 Å². The van der Waals surface area contributed by atoms with E-state index in [1.54, 1.807) is 6.92 Å². The van der Waals surface area contributed by atoms with E-state index in [-0.39, 0.29) is 5.69 Å². The van der Waals surface area contributed by atoms with E-state index in [0.717, 1.165) is 23.8 Å². The van der Waals surface area contributed by atoms with E-state index in [0.29, 0.717) is 24.0 Å². The van der Waals surface area contributed by atoms with Crippen molar-refractivity contribution in [3.8, 4) is 0 Å². The summed E-state index contributed by atoms with van der Waals surface area (Å²) in [5.41, 5.74) is 0.801. The van der Waals surface area contributed by atoms with Crippen molar-refractivity contribution in [3.05, 3.63) is 41.2 Å². The number of nitrogens with one attached hydrogen (secondary N) is 2. The predicted octanol–water partition coefficient (Wildman–Crippen LogP) is 3.55. The van der Waals surface area contributed by atoms with Gasteiger partial charge in [-0.15, -0.1) is 0 Å². The molecule has 6 heteroatoms. The van der Waals surface area contributed by atoms with Crippen LogP contribution in [0.3, 0.4) is 0 Å². The standard InChI is InChI=1S/C14H16F2N4/c1-4-17-13-8(2)14(19-9(3)18-13)20-12-7-10(15)5-6-11(12)16/h5-7H,4H2,1-3H3,(H2,17,18,19,20). The molecule has 0 aliphatic carbocycles. The summed E-state index contributed by atoms with van der Waals surface area (Å²) in [6.45, 7) is 6.23. The SMILES string of the molecule is CCNc1nc(C)nc(Nc2cc(F)ccc2F)c1C. The smallest absolute Gasteiger partial charge is 0.146 e. The molecule has 0 unspecified atom stereocenters. The second kappa shape index (κ2) is 5.81. The Morgan fingerprint density at radius 1 is 1.10 bits per heavy atom. The van der Waals surface area contributed by atoms with Crippen LogP contribution in [-0.4, -0.2) is 16.5 Å². The van der Waals surface area contributed by atoms with Crippen LogP contribution in [0.2, 0.25) is 0 Å². The Bertz CT molecular complexity index is 629. The largest absolute Gasteiger partial charge is 0.370 e. The first-order chi connectivity index (χ1) is 9.51. The predicted molar refractivity (Wildman–Crippen MR) is 75.3 cm³/mol. The minimum Gasteiger partial charge on any atom is -0.370 e. The van der Waals surface area contributed by atoms with Crippen molar-refractivity contribution in [1.29, 1.82) is 0 Å². The van der Waals surface area contributed by atoms with Crippen LogP contribution in [0.15, 0.2) is 18.2 Å². The second-order valence-electron chi connectivity index (χ2n) is 4.37. The van der Waals surface area contributed by atoms with Gasteiger partial charge in [-0.1, -0.05) is 0 Å². The van der Waals surface area contributed by atoms with Gasteiger partial charge in [-0.3, -0.25) is 0 Å². The first-order valence-corrected chi connectivity index (χ1v) is 6.32. The van der Waals surface area contributed by atoms with Crippen LogP contribution >= 0.6 is 0 Å². The van der Waals surface area contributed by atoms with E-state index in [2.05, 4.69) is 20.6 Å². The topological polar surface area (TPSA) is 49.8 Å². The minimum absolute atomic E-state index is 0.0497. The molecule has 0 saturated heterocycles. The Hall–Kier alpha value is -2.24. The molecule has 0 aliphatic rings. The molecule has 0 fully saturated rings. The number of hydrogen-bond acceptors (Lipinski definition) is 4. The third-order valence-corrected chi connectivity index (χ3v) is 2.78. The first-order valence-electron chi connectivity index (χ1n) is 6.32. The zero-order chi connectivity index (χ0) is 14.7. The molecule has 2 N–H and O–H groups in total. The van der Waals surface area contributed by atoms with Crippen LogP contribution in [0, 0.1) is 25.5 Å². The van der Waals surface area contributed by atoms with Crippen LogP contribution in [0.4, 0.5) is 26.1 Å². The van der Waals surface area contributed by atoms with Gasteiger partial charge in [-0.05, 0) is 32.9 Å². The second-order valence-corrected chi connectivity index (χ2v) is 4.37. The van der Waals surface area contributed by atoms with Crippen molar-refractivity contribution in [1.82, 2.24) is 9.97 Å². The maximum absolute atomic E-state index is 13.6. The maximum Gasteiger partial charge on any atom is 0.146 e. The summed E-state index contributed by atoms with van der Waals surface area (Å²) in [4.78, 5) is 8.51. The normalized spacial score (nSPS) is 10.4. The van der Waals surface area contributed by atoms with Gasteiger partial charge in [0.15, 0.2) is 0 Å². The lowest BCUT2D eigenvalue weighted by atomic mass is 10.2. The number of halogens is 2. The molecule has 0 atom stereocenters. The summed E-state index contributed by atoms with van der Waals surface area (Å²) < 4.78 is 26.8. The molecule has 4 nitrogen and oxygen atoms in total. The molecule has 0 aliphatic heterocycles. The molecule has 106 valence electrons. The van der Waals surface area contributed by atoms with E-state index in [4.69, 9.17) is 0 Å². The third-order valence-electron chi connectivity index (χ3n) is 2.78. The number of nitrogens with zero attached hydrogens (tertiary/aromatic N) is 2. The molecule has 0 amide bonds. The first kappa shape index (κ1) is 14.2. The summed E-state index contributed by atoms with van der Waals surface area (Å²) >= 11 is 0. The Morgan fingerprint density at radius 3 is 2.50 bits per heavy atom. The van der Waals surface area contributed by atoms with Crippen molar-refractivity contribution < 1.29 is 8.78 Å². The quantitative estimate of drug-likeness (QED) is 0.898. The van der Waals surface area contributed by atoms with Gasteiger partial charge in [0.05, 0.1) is 5.69 Å². The van der Waals surface area contributed by atoms with Gasteiger partial charge < -0.3 is 10.6 Å². The van der Waals surface area contributed by atoms with Crippen molar-refractivity contribution in [3.63, 3.8) is 0 Å². The molecule has 2 aromatic rings. The summed E-state index contributed by atoms with van der Waals surface area (Å²) in [5.74, 6) is 0.638. The Morgan fingerprint density at radius 2 is 1.80 bits per heavy atom. The molecule has 2 rings (SSSR count). The van der Waals surface area contributed by atoms with Gasteiger partial charge in [0.2, 0.25) is 0 Å². The number of anilines is 3. The third kappa shape index (κ3) is 3.01. The van der Waals surface area contributed by atoms with Gasteiger partial charge in [0, 0.05) is 18.2 Å². The Balaban J connectivity index is 2.40. The average molecular weight is 278 g/mol. The Kier molecular flexibility index (Phi) is 4.12. The molecular formula is C14H16F2N4. The molecular weight excluding hydrogens is 262 g/mol. The monoisotopic (exact) mass is 278 g/mol. The highest BCUT2D eigenvalue weighted by Gasteiger charge is 2.11. The molecule has 20 heavy (non-hydrogen) atoms. The summed E-state index contributed by atoms with van der Waals surface area (Å²) in [6.07, 6.45) is 0. The van der Waals surface area contributed by atoms with Crippen molar-refractivity contribution in [2.45, 2.75) is 20.8 Å². The number of aromatic nitrogens is 2. The van der Waals surface area contributed by atoms with Crippen LogP contribution < -0.4 is 10.6 Å². The van der Waals surface area contributed by atoms with Gasteiger partial charge >= 0.3 is 0 Å². The van der Waals surface area contributed by atoms with E-state index in [1.807, 2.05) is 13.8 Å². The number of benzene rings is 1. The summed E-state index contributed by atoms with van der Waals surface area (Å²) in [5, 5.41) is 5.92. The fourth-order valence-electron chi connectivity index (χ4n) is 1.81. The lowest BCUT2D eigenvalue weighted by Crippen LogP contribution is -2.08. The van der Waals surface area contributed by atoms with Crippen LogP contribution in [0.5, 0.6) is 0 Å². The average Bonchev–Trinajstić information content (AvgIpc) is 2.39. The number of rotatable bonds is 4. The fraction of sp³-hybridized carbons (Fsp3) is 0.286. The van der Waals surface area contributed by atoms with Gasteiger partial charge in [-0.2, -0.15) is 0 Å². The molecule has 1 aromatic carbocycles. The van der Waals surface area contributed by atoms with E-state index in [1.165, 1.54) is 0 Å². The fourth-order valence-corrected chi connectivity index (χ4v) is 1.81. The van der Waals surface area contributed by atoms with Crippen LogP contribution in [-0.2, 0) is 0 Å². The molecule has 1 heterocycles. The van der Waals surface area contributed by atoms with Gasteiger partial charge in [0.1, 0.15) is 29.1 Å². The minimum atomic E-state index is -0.535. The highest BCUT2D eigenvalue weighted by atomic mass is 19.1. The van der Waals surface area contributed by atoms with Crippen molar-refractivity contribution >= 4 is 17.3 Å². The van der Waals surface area contributed by atoms with Crippen molar-refractivity contribution in [2.24, 2.45) is 0 Å². The highest BCUT2D eigenvalue weighted by molar-refractivity contribution is 5.65. The van der Waals surface area contributed by atoms with Crippen LogP contribution in [0.25, 0.3) is 0 Å². The maximum atomic E-state index is 13.6. The lowest BCUT2D eigenvalue weighted by molar-refractivity contribution is 0.603. The van der Waals surface area contributed by atoms with Gasteiger partial charge in [-0.25, -0.2) is 18.7 Å². The molecule has 0 saturated carbocycles. The van der Waals surface area contributed by atoms with E-state index < -0.39 is 11.6 Å². The van der Waals surface area contributed by atoms with E-state index >= 15 is 0 Å². The zero-order valence-electron chi connectivity index (χ0n) is 11.6. The molecule has 0 bridgehead atoms. The Labute approximate surface area is 116 Å². The lowest BCUT2D eigenvalue weighted by Gasteiger charge is -2.14. The molecule has 0 spiro atoms. The van der Waals surface area contributed by atoms with Crippen LogP contribution in [0.1, 0.15) is 18.3 Å². The van der Waals surface area contributed by atoms with E-state index in [9.17, 15) is 8.78 Å². The zero-order valence-corrected chi connectivity index (χ0v) is 11.6. The molecule has 0 radical (unpaired) electrons.